The van der Waals surface area contributed by atoms with Crippen LogP contribution in [0.25, 0.3) is 6.08 Å². The molecule has 0 aliphatic carbocycles. The largest absolute Gasteiger partial charge is 0.493 e. The van der Waals surface area contributed by atoms with Crippen LogP contribution in [0.3, 0.4) is 0 Å². The summed E-state index contributed by atoms with van der Waals surface area (Å²) in [4.78, 5) is 12.0. The predicted molar refractivity (Wildman–Crippen MR) is 109 cm³/mol. The summed E-state index contributed by atoms with van der Waals surface area (Å²) < 4.78 is 48.3. The topological polar surface area (TPSA) is 47.6 Å². The minimum atomic E-state index is -4.35. The molecule has 0 aliphatic heterocycles. The third kappa shape index (κ3) is 7.21. The van der Waals surface area contributed by atoms with Crippen molar-refractivity contribution in [3.05, 3.63) is 65.2 Å². The standard InChI is InChI=1S/C23H22F3NO3/c1-3-15-30-20-12-8-18(16-21(20)29-2)9-13-22(28)27-14-4-5-17-6-10-19(11-7-17)23(24,25)26/h1,4-8,10-12,16H,9,13-15H2,2H3,(H,27,28). The summed E-state index contributed by atoms with van der Waals surface area (Å²) in [5, 5.41) is 2.74. The number of alkyl halides is 3. The van der Waals surface area contributed by atoms with Gasteiger partial charge in [-0.15, -0.1) is 6.42 Å². The molecular weight excluding hydrogens is 395 g/mol. The van der Waals surface area contributed by atoms with E-state index in [4.69, 9.17) is 15.9 Å². The van der Waals surface area contributed by atoms with Crippen LogP contribution >= 0.6 is 0 Å². The van der Waals surface area contributed by atoms with Gasteiger partial charge in [-0.2, -0.15) is 13.2 Å². The van der Waals surface area contributed by atoms with E-state index in [0.717, 1.165) is 17.7 Å². The van der Waals surface area contributed by atoms with Crippen molar-refractivity contribution in [2.24, 2.45) is 0 Å². The maximum atomic E-state index is 12.5. The number of hydrogen-bond acceptors (Lipinski definition) is 3. The van der Waals surface area contributed by atoms with Gasteiger partial charge in [0.15, 0.2) is 11.5 Å². The number of halogens is 3. The molecule has 2 aromatic carbocycles. The Hall–Kier alpha value is -3.40. The summed E-state index contributed by atoms with van der Waals surface area (Å²) >= 11 is 0. The Balaban J connectivity index is 1.78. The van der Waals surface area contributed by atoms with Gasteiger partial charge in [0.25, 0.3) is 0 Å². The monoisotopic (exact) mass is 417 g/mol. The van der Waals surface area contributed by atoms with E-state index in [1.165, 1.54) is 19.2 Å². The molecule has 0 aromatic heterocycles. The second-order valence-corrected chi connectivity index (χ2v) is 6.30. The molecule has 2 aromatic rings. The normalized spacial score (nSPS) is 11.2. The second kappa shape index (κ2) is 11.0. The lowest BCUT2D eigenvalue weighted by atomic mass is 10.1. The summed E-state index contributed by atoms with van der Waals surface area (Å²) in [6, 6.07) is 10.2. The van der Waals surface area contributed by atoms with Crippen LogP contribution in [0.5, 0.6) is 11.5 Å². The van der Waals surface area contributed by atoms with Crippen molar-refractivity contribution in [3.63, 3.8) is 0 Å². The molecule has 0 fully saturated rings. The van der Waals surface area contributed by atoms with Gasteiger partial charge in [-0.1, -0.05) is 36.3 Å². The van der Waals surface area contributed by atoms with Gasteiger partial charge in [0.05, 0.1) is 12.7 Å². The summed E-state index contributed by atoms with van der Waals surface area (Å²) in [5.41, 5.74) is 0.840. The lowest BCUT2D eigenvalue weighted by molar-refractivity contribution is -0.137. The quantitative estimate of drug-likeness (QED) is 0.612. The number of ether oxygens (including phenoxy) is 2. The molecule has 1 N–H and O–H groups in total. The Kier molecular flexibility index (Phi) is 8.36. The van der Waals surface area contributed by atoms with Crippen LogP contribution in [0.15, 0.2) is 48.5 Å². The van der Waals surface area contributed by atoms with Gasteiger partial charge in [0.1, 0.15) is 6.61 Å². The SMILES string of the molecule is C#CCOc1ccc(CCC(=O)NCC=Cc2ccc(C(F)(F)F)cc2)cc1OC. The van der Waals surface area contributed by atoms with Crippen molar-refractivity contribution in [2.45, 2.75) is 19.0 Å². The van der Waals surface area contributed by atoms with E-state index in [2.05, 4.69) is 11.2 Å². The molecule has 0 unspecified atom stereocenters. The fourth-order valence-corrected chi connectivity index (χ4v) is 2.60. The molecular formula is C23H22F3NO3. The average Bonchev–Trinajstić information content (AvgIpc) is 2.73. The number of benzene rings is 2. The first-order valence-electron chi connectivity index (χ1n) is 9.17. The maximum absolute atomic E-state index is 12.5. The van der Waals surface area contributed by atoms with Crippen LogP contribution in [-0.2, 0) is 17.4 Å². The van der Waals surface area contributed by atoms with Crippen LogP contribution in [0.4, 0.5) is 13.2 Å². The molecule has 0 saturated carbocycles. The van der Waals surface area contributed by atoms with Crippen LogP contribution in [0, 0.1) is 12.3 Å². The van der Waals surface area contributed by atoms with Crippen molar-refractivity contribution in [1.82, 2.24) is 5.32 Å². The van der Waals surface area contributed by atoms with Crippen molar-refractivity contribution in [2.75, 3.05) is 20.3 Å². The van der Waals surface area contributed by atoms with Gasteiger partial charge < -0.3 is 14.8 Å². The number of nitrogens with one attached hydrogen (secondary N) is 1. The van der Waals surface area contributed by atoms with Crippen LogP contribution in [0.2, 0.25) is 0 Å². The highest BCUT2D eigenvalue weighted by Crippen LogP contribution is 2.29. The molecule has 0 atom stereocenters. The Morgan fingerprint density at radius 1 is 1.17 bits per heavy atom. The lowest BCUT2D eigenvalue weighted by Gasteiger charge is -2.10. The highest BCUT2D eigenvalue weighted by Gasteiger charge is 2.29. The van der Waals surface area contributed by atoms with Crippen LogP contribution < -0.4 is 14.8 Å². The van der Waals surface area contributed by atoms with E-state index in [-0.39, 0.29) is 25.5 Å². The molecule has 0 bridgehead atoms. The summed E-state index contributed by atoms with van der Waals surface area (Å²) in [7, 11) is 1.53. The number of aryl methyl sites for hydroxylation is 1. The summed E-state index contributed by atoms with van der Waals surface area (Å²) in [6.45, 7) is 0.417. The molecule has 2 rings (SSSR count). The molecule has 0 heterocycles. The van der Waals surface area contributed by atoms with E-state index in [0.29, 0.717) is 23.5 Å². The van der Waals surface area contributed by atoms with E-state index in [1.54, 1.807) is 24.3 Å². The van der Waals surface area contributed by atoms with E-state index in [9.17, 15) is 18.0 Å². The molecule has 0 radical (unpaired) electrons. The molecule has 0 spiro atoms. The first-order valence-corrected chi connectivity index (χ1v) is 9.17. The Morgan fingerprint density at radius 2 is 1.90 bits per heavy atom. The molecule has 4 nitrogen and oxygen atoms in total. The third-order valence-corrected chi connectivity index (χ3v) is 4.15. The van der Waals surface area contributed by atoms with Gasteiger partial charge in [-0.05, 0) is 41.8 Å². The number of amides is 1. The number of terminal acetylenes is 1. The van der Waals surface area contributed by atoms with E-state index >= 15 is 0 Å². The van der Waals surface area contributed by atoms with E-state index < -0.39 is 11.7 Å². The summed E-state index contributed by atoms with van der Waals surface area (Å²) in [5.74, 6) is 3.33. The molecule has 0 aliphatic rings. The Morgan fingerprint density at radius 3 is 2.53 bits per heavy atom. The van der Waals surface area contributed by atoms with Crippen molar-refractivity contribution < 1.29 is 27.4 Å². The number of carbonyl (C=O) groups excluding carboxylic acids is 1. The molecule has 158 valence electrons. The molecule has 7 heteroatoms. The van der Waals surface area contributed by atoms with Crippen LogP contribution in [-0.4, -0.2) is 26.2 Å². The summed E-state index contributed by atoms with van der Waals surface area (Å²) in [6.07, 6.45) is 4.95. The van der Waals surface area contributed by atoms with Gasteiger partial charge in [0, 0.05) is 13.0 Å². The zero-order valence-electron chi connectivity index (χ0n) is 16.5. The zero-order chi connectivity index (χ0) is 22.0. The van der Waals surface area contributed by atoms with Gasteiger partial charge >= 0.3 is 6.18 Å². The highest BCUT2D eigenvalue weighted by molar-refractivity contribution is 5.76. The number of hydrogen-bond donors (Lipinski definition) is 1. The smallest absolute Gasteiger partial charge is 0.416 e. The second-order valence-electron chi connectivity index (χ2n) is 6.30. The lowest BCUT2D eigenvalue weighted by Crippen LogP contribution is -2.23. The van der Waals surface area contributed by atoms with Crippen molar-refractivity contribution >= 4 is 12.0 Å². The van der Waals surface area contributed by atoms with Crippen molar-refractivity contribution in [1.29, 1.82) is 0 Å². The fraction of sp³-hybridized carbons (Fsp3) is 0.261. The van der Waals surface area contributed by atoms with Gasteiger partial charge in [0.2, 0.25) is 5.91 Å². The molecule has 30 heavy (non-hydrogen) atoms. The first-order chi connectivity index (χ1) is 14.3. The average molecular weight is 417 g/mol. The minimum Gasteiger partial charge on any atom is -0.493 e. The maximum Gasteiger partial charge on any atom is 0.416 e. The Bertz CT molecular complexity index is 913. The van der Waals surface area contributed by atoms with E-state index in [1.807, 2.05) is 6.07 Å². The minimum absolute atomic E-state index is 0.137. The molecule has 0 saturated heterocycles. The Labute approximate surface area is 173 Å². The predicted octanol–water partition coefficient (Wildman–Crippen LogP) is 4.49. The number of methoxy groups -OCH3 is 1. The van der Waals surface area contributed by atoms with Gasteiger partial charge in [-0.25, -0.2) is 0 Å². The molecule has 1 amide bonds. The van der Waals surface area contributed by atoms with Crippen LogP contribution in [0.1, 0.15) is 23.1 Å². The highest BCUT2D eigenvalue weighted by atomic mass is 19.4. The third-order valence-electron chi connectivity index (χ3n) is 4.15. The van der Waals surface area contributed by atoms with Gasteiger partial charge in [-0.3, -0.25) is 4.79 Å². The zero-order valence-corrected chi connectivity index (χ0v) is 16.5. The fourth-order valence-electron chi connectivity index (χ4n) is 2.60. The van der Waals surface area contributed by atoms with Crippen molar-refractivity contribution in [3.8, 4) is 23.8 Å². The first kappa shape index (κ1) is 22.9. The number of carbonyl (C=O) groups is 1. The number of rotatable bonds is 9.